The molecule has 0 N–H and O–H groups in total. The van der Waals surface area contributed by atoms with E-state index >= 15 is 0 Å². The minimum Gasteiger partial charge on any atom is -0.0654 e. The topological polar surface area (TPSA) is 0 Å². The highest BCUT2D eigenvalue weighted by Gasteiger charge is 2.52. The molecule has 0 radical (unpaired) electrons. The maximum Gasteiger partial charge on any atom is -0.0243 e. The van der Waals surface area contributed by atoms with E-state index in [1.54, 1.807) is 0 Å². The Balaban J connectivity index is 2.59. The summed E-state index contributed by atoms with van der Waals surface area (Å²) in [6.07, 6.45) is 5.64. The molecular weight excluding hydrogens is 156 g/mol. The summed E-state index contributed by atoms with van der Waals surface area (Å²) in [7, 11) is 0. The van der Waals surface area contributed by atoms with Crippen molar-refractivity contribution < 1.29 is 0 Å². The normalized spacial score (nSPS) is 44.5. The van der Waals surface area contributed by atoms with Gasteiger partial charge in [0.05, 0.1) is 0 Å². The summed E-state index contributed by atoms with van der Waals surface area (Å²) in [6.45, 7) is 12.0. The summed E-state index contributed by atoms with van der Waals surface area (Å²) in [5.41, 5.74) is 0.704. The molecule has 1 saturated carbocycles. The fourth-order valence-corrected chi connectivity index (χ4v) is 3.56. The Labute approximate surface area is 84.1 Å². The molecule has 0 amide bonds. The zero-order valence-electron chi connectivity index (χ0n) is 10.1. The summed E-state index contributed by atoms with van der Waals surface area (Å²) in [6, 6.07) is 0. The van der Waals surface area contributed by atoms with Crippen LogP contribution in [0.2, 0.25) is 0 Å². The standard InChI is InChI=1S/C13H26/c1-6-8-9-13(7-2)11(4)10(3)12(13)5/h10-12H,6-9H2,1-5H3. The lowest BCUT2D eigenvalue weighted by Gasteiger charge is -2.59. The zero-order chi connectivity index (χ0) is 10.1. The Morgan fingerprint density at radius 3 is 1.92 bits per heavy atom. The number of hydrogen-bond donors (Lipinski definition) is 0. The molecule has 0 aliphatic heterocycles. The molecule has 0 heteroatoms. The van der Waals surface area contributed by atoms with Crippen LogP contribution in [-0.4, -0.2) is 0 Å². The smallest absolute Gasteiger partial charge is 0.0243 e. The van der Waals surface area contributed by atoms with E-state index in [1.165, 1.54) is 25.7 Å². The van der Waals surface area contributed by atoms with Gasteiger partial charge in [-0.2, -0.15) is 0 Å². The van der Waals surface area contributed by atoms with Crippen LogP contribution in [0, 0.1) is 23.2 Å². The van der Waals surface area contributed by atoms with E-state index in [9.17, 15) is 0 Å². The second kappa shape index (κ2) is 4.02. The quantitative estimate of drug-likeness (QED) is 0.600. The van der Waals surface area contributed by atoms with Gasteiger partial charge in [0.1, 0.15) is 0 Å². The number of unbranched alkanes of at least 4 members (excludes halogenated alkanes) is 1. The Hall–Kier alpha value is 0. The monoisotopic (exact) mass is 182 g/mol. The molecule has 0 spiro atoms. The summed E-state index contributed by atoms with van der Waals surface area (Å²) in [4.78, 5) is 0. The van der Waals surface area contributed by atoms with Crippen molar-refractivity contribution in [1.82, 2.24) is 0 Å². The predicted molar refractivity (Wildman–Crippen MR) is 59.7 cm³/mol. The number of hydrogen-bond acceptors (Lipinski definition) is 0. The maximum atomic E-state index is 2.46. The average molecular weight is 182 g/mol. The van der Waals surface area contributed by atoms with Crippen molar-refractivity contribution in [2.75, 3.05) is 0 Å². The molecule has 1 fully saturated rings. The molecule has 2 unspecified atom stereocenters. The zero-order valence-corrected chi connectivity index (χ0v) is 10.1. The van der Waals surface area contributed by atoms with Gasteiger partial charge in [-0.15, -0.1) is 0 Å². The van der Waals surface area contributed by atoms with Crippen LogP contribution in [0.1, 0.15) is 60.3 Å². The summed E-state index contributed by atoms with van der Waals surface area (Å²) in [5, 5.41) is 0. The van der Waals surface area contributed by atoms with Crippen molar-refractivity contribution >= 4 is 0 Å². The van der Waals surface area contributed by atoms with Crippen LogP contribution >= 0.6 is 0 Å². The van der Waals surface area contributed by atoms with Gasteiger partial charge in [-0.1, -0.05) is 47.5 Å². The summed E-state index contributed by atoms with van der Waals surface area (Å²) < 4.78 is 0. The van der Waals surface area contributed by atoms with Crippen molar-refractivity contribution in [2.45, 2.75) is 60.3 Å². The van der Waals surface area contributed by atoms with Gasteiger partial charge in [-0.25, -0.2) is 0 Å². The lowest BCUT2D eigenvalue weighted by molar-refractivity contribution is -0.106. The van der Waals surface area contributed by atoms with Crippen LogP contribution in [-0.2, 0) is 0 Å². The van der Waals surface area contributed by atoms with E-state index in [4.69, 9.17) is 0 Å². The first-order chi connectivity index (χ1) is 6.10. The first kappa shape index (κ1) is 11.1. The predicted octanol–water partition coefficient (Wildman–Crippen LogP) is 4.49. The van der Waals surface area contributed by atoms with Crippen molar-refractivity contribution in [2.24, 2.45) is 23.2 Å². The van der Waals surface area contributed by atoms with Crippen LogP contribution in [0.25, 0.3) is 0 Å². The van der Waals surface area contributed by atoms with E-state index in [1.807, 2.05) is 0 Å². The molecule has 1 aliphatic rings. The van der Waals surface area contributed by atoms with Crippen LogP contribution in [0.3, 0.4) is 0 Å². The van der Waals surface area contributed by atoms with Crippen LogP contribution in [0.5, 0.6) is 0 Å². The molecule has 0 aromatic rings. The van der Waals surface area contributed by atoms with Gasteiger partial charge in [-0.3, -0.25) is 0 Å². The van der Waals surface area contributed by atoms with Gasteiger partial charge in [0.2, 0.25) is 0 Å². The van der Waals surface area contributed by atoms with Gasteiger partial charge >= 0.3 is 0 Å². The van der Waals surface area contributed by atoms with Crippen molar-refractivity contribution in [3.05, 3.63) is 0 Å². The first-order valence-corrected chi connectivity index (χ1v) is 6.10. The van der Waals surface area contributed by atoms with E-state index < -0.39 is 0 Å². The van der Waals surface area contributed by atoms with E-state index in [2.05, 4.69) is 34.6 Å². The molecule has 78 valence electrons. The maximum absolute atomic E-state index is 2.46. The summed E-state index contributed by atoms with van der Waals surface area (Å²) >= 11 is 0. The Bertz CT molecular complexity index is 149. The SMILES string of the molecule is CCCCC1(CC)C(C)C(C)C1C. The third-order valence-corrected chi connectivity index (χ3v) is 5.05. The lowest BCUT2D eigenvalue weighted by Crippen LogP contribution is -2.52. The highest BCUT2D eigenvalue weighted by Crippen LogP contribution is 2.60. The average Bonchev–Trinajstić information content (AvgIpc) is 2.18. The molecule has 0 bridgehead atoms. The minimum atomic E-state index is 0.704. The third kappa shape index (κ3) is 1.53. The lowest BCUT2D eigenvalue weighted by atomic mass is 9.46. The van der Waals surface area contributed by atoms with Gasteiger partial charge in [0.15, 0.2) is 0 Å². The molecule has 0 nitrogen and oxygen atoms in total. The van der Waals surface area contributed by atoms with Gasteiger partial charge in [-0.05, 0) is 36.0 Å². The highest BCUT2D eigenvalue weighted by molar-refractivity contribution is 5.01. The molecule has 1 rings (SSSR count). The Kier molecular flexibility index (Phi) is 3.43. The minimum absolute atomic E-state index is 0.704. The van der Waals surface area contributed by atoms with Crippen molar-refractivity contribution in [3.63, 3.8) is 0 Å². The molecule has 1 aliphatic carbocycles. The van der Waals surface area contributed by atoms with E-state index in [0.717, 1.165) is 17.8 Å². The largest absolute Gasteiger partial charge is 0.0654 e. The van der Waals surface area contributed by atoms with Gasteiger partial charge in [0.25, 0.3) is 0 Å². The molecular formula is C13H26. The van der Waals surface area contributed by atoms with Crippen molar-refractivity contribution in [1.29, 1.82) is 0 Å². The molecule has 0 aromatic carbocycles. The second-order valence-electron chi connectivity index (χ2n) is 5.13. The first-order valence-electron chi connectivity index (χ1n) is 6.10. The number of rotatable bonds is 4. The molecule has 0 heterocycles. The van der Waals surface area contributed by atoms with Gasteiger partial charge in [0, 0.05) is 0 Å². The van der Waals surface area contributed by atoms with Crippen LogP contribution in [0.4, 0.5) is 0 Å². The third-order valence-electron chi connectivity index (χ3n) is 5.05. The molecule has 13 heavy (non-hydrogen) atoms. The second-order valence-corrected chi connectivity index (χ2v) is 5.13. The van der Waals surface area contributed by atoms with Crippen LogP contribution in [0.15, 0.2) is 0 Å². The molecule has 0 saturated heterocycles. The van der Waals surface area contributed by atoms with Crippen LogP contribution < -0.4 is 0 Å². The van der Waals surface area contributed by atoms with E-state index in [0.29, 0.717) is 5.41 Å². The molecule has 2 atom stereocenters. The molecule has 0 aromatic heterocycles. The van der Waals surface area contributed by atoms with Crippen molar-refractivity contribution in [3.8, 4) is 0 Å². The van der Waals surface area contributed by atoms with E-state index in [-0.39, 0.29) is 0 Å². The highest BCUT2D eigenvalue weighted by atomic mass is 14.6. The Morgan fingerprint density at radius 1 is 1.00 bits per heavy atom. The summed E-state index contributed by atoms with van der Waals surface area (Å²) in [5.74, 6) is 2.87. The van der Waals surface area contributed by atoms with Gasteiger partial charge < -0.3 is 0 Å². The Morgan fingerprint density at radius 2 is 1.54 bits per heavy atom. The fraction of sp³-hybridized carbons (Fsp3) is 1.00. The fourth-order valence-electron chi connectivity index (χ4n) is 3.56.